The zero-order chi connectivity index (χ0) is 24.2. The maximum absolute atomic E-state index is 12.8. The number of hydrogen-bond donors (Lipinski definition) is 2. The highest BCUT2D eigenvalue weighted by Crippen LogP contribution is 2.25. The lowest BCUT2D eigenvalue weighted by molar-refractivity contribution is -0.129. The van der Waals surface area contributed by atoms with E-state index in [1.807, 2.05) is 24.3 Å². The average Bonchev–Trinajstić information content (AvgIpc) is 3.12. The lowest BCUT2D eigenvalue weighted by atomic mass is 10.1. The maximum Gasteiger partial charge on any atom is 0.357 e. The summed E-state index contributed by atoms with van der Waals surface area (Å²) in [6.07, 6.45) is 4.69. The van der Waals surface area contributed by atoms with Crippen molar-refractivity contribution < 1.29 is 27.7 Å². The number of hydrogen-bond acceptors (Lipinski definition) is 6. The molecule has 0 saturated heterocycles. The fraction of sp³-hybridized carbons (Fsp3) is 0.174. The Bertz CT molecular complexity index is 1240. The van der Waals surface area contributed by atoms with Crippen LogP contribution in [0.4, 0.5) is 11.4 Å². The van der Waals surface area contributed by atoms with Crippen LogP contribution in [0.15, 0.2) is 76.3 Å². The Hall–Kier alpha value is -3.76. The van der Waals surface area contributed by atoms with Gasteiger partial charge >= 0.3 is 5.97 Å². The molecule has 1 aliphatic rings. The van der Waals surface area contributed by atoms with Crippen molar-refractivity contribution in [1.82, 2.24) is 0 Å². The van der Waals surface area contributed by atoms with Crippen LogP contribution in [-0.4, -0.2) is 48.8 Å². The Morgan fingerprint density at radius 2 is 1.67 bits per heavy atom. The third-order valence-electron chi connectivity index (χ3n) is 5.03. The van der Waals surface area contributed by atoms with Gasteiger partial charge in [-0.2, -0.15) is 18.5 Å². The molecule has 2 aromatic carbocycles. The van der Waals surface area contributed by atoms with Gasteiger partial charge in [-0.05, 0) is 61.9 Å². The topological polar surface area (TPSA) is 128 Å². The number of nitrogens with zero attached hydrogens (tertiary/aromatic N) is 3. The van der Waals surface area contributed by atoms with Crippen molar-refractivity contribution >= 4 is 45.2 Å². The van der Waals surface area contributed by atoms with Gasteiger partial charge in [0.15, 0.2) is 5.71 Å². The molecule has 1 amide bonds. The second-order valence-electron chi connectivity index (χ2n) is 7.04. The first-order valence-electron chi connectivity index (χ1n) is 10.1. The molecular formula is C23H23N3O6S. The first kappa shape index (κ1) is 23.9. The van der Waals surface area contributed by atoms with Gasteiger partial charge in [0.05, 0.1) is 16.2 Å². The van der Waals surface area contributed by atoms with Gasteiger partial charge in [-0.15, -0.1) is 0 Å². The number of rotatable bonds is 8. The minimum absolute atomic E-state index is 0.114. The Labute approximate surface area is 191 Å². The van der Waals surface area contributed by atoms with Crippen LogP contribution in [0.25, 0.3) is 6.08 Å². The predicted molar refractivity (Wildman–Crippen MR) is 126 cm³/mol. The molecule has 9 nitrogen and oxygen atoms in total. The van der Waals surface area contributed by atoms with Crippen LogP contribution in [0, 0.1) is 0 Å². The molecule has 1 heterocycles. The number of carboxylic acids is 1. The van der Waals surface area contributed by atoms with E-state index in [1.165, 1.54) is 18.2 Å². The molecule has 0 fully saturated rings. The highest BCUT2D eigenvalue weighted by molar-refractivity contribution is 7.85. The summed E-state index contributed by atoms with van der Waals surface area (Å²) in [6.45, 7) is 5.95. The maximum atomic E-state index is 12.8. The Morgan fingerprint density at radius 3 is 2.18 bits per heavy atom. The number of hydrazone groups is 1. The molecule has 3 rings (SSSR count). The van der Waals surface area contributed by atoms with E-state index in [0.29, 0.717) is 0 Å². The SMILES string of the molecule is CCN(CC)c1ccc(/C=C/C=C2/C(=O)N(c3ccc(S(=O)(=O)O)cc3)N=C2C(=O)O)cc1. The summed E-state index contributed by atoms with van der Waals surface area (Å²) >= 11 is 0. The molecule has 2 aromatic rings. The zero-order valence-electron chi connectivity index (χ0n) is 18.0. The van der Waals surface area contributed by atoms with Gasteiger partial charge in [0, 0.05) is 18.8 Å². The van der Waals surface area contributed by atoms with Crippen molar-refractivity contribution in [3.05, 3.63) is 71.8 Å². The molecule has 0 saturated carbocycles. The number of aliphatic carboxylic acids is 1. The number of carbonyl (C=O) groups excluding carboxylic acids is 1. The summed E-state index contributed by atoms with van der Waals surface area (Å²) in [5.41, 5.74) is 1.58. The predicted octanol–water partition coefficient (Wildman–Crippen LogP) is 3.21. The molecule has 10 heteroatoms. The number of carbonyl (C=O) groups is 2. The minimum Gasteiger partial charge on any atom is -0.476 e. The van der Waals surface area contributed by atoms with Crippen LogP contribution in [0.5, 0.6) is 0 Å². The lowest BCUT2D eigenvalue weighted by Crippen LogP contribution is -2.22. The number of allylic oxidation sites excluding steroid dienone is 2. The highest BCUT2D eigenvalue weighted by Gasteiger charge is 2.34. The van der Waals surface area contributed by atoms with E-state index in [2.05, 4.69) is 23.8 Å². The Morgan fingerprint density at radius 1 is 1.06 bits per heavy atom. The fourth-order valence-corrected chi connectivity index (χ4v) is 3.78. The third kappa shape index (κ3) is 5.36. The van der Waals surface area contributed by atoms with E-state index in [9.17, 15) is 23.1 Å². The number of amides is 1. The molecule has 33 heavy (non-hydrogen) atoms. The molecule has 0 spiro atoms. The van der Waals surface area contributed by atoms with Gasteiger partial charge in [0.2, 0.25) is 0 Å². The van der Waals surface area contributed by atoms with Crippen molar-refractivity contribution in [2.45, 2.75) is 18.7 Å². The normalized spacial score (nSPS) is 15.4. The van der Waals surface area contributed by atoms with E-state index in [-0.39, 0.29) is 16.2 Å². The first-order chi connectivity index (χ1) is 15.7. The molecular weight excluding hydrogens is 446 g/mol. The standard InChI is InChI=1S/C23H23N3O6S/c1-3-25(4-2)17-10-8-16(9-11-17)6-5-7-20-21(23(28)29)24-26(22(20)27)18-12-14-19(15-13-18)33(30,31)32/h5-15H,3-4H2,1-2H3,(H,28,29)(H,30,31,32)/b6-5+,20-7+. The summed E-state index contributed by atoms with van der Waals surface area (Å²) < 4.78 is 31.5. The lowest BCUT2D eigenvalue weighted by Gasteiger charge is -2.20. The second kappa shape index (κ2) is 9.80. The number of anilines is 2. The van der Waals surface area contributed by atoms with Crippen molar-refractivity contribution in [3.8, 4) is 0 Å². The molecule has 0 aliphatic carbocycles. The number of benzene rings is 2. The van der Waals surface area contributed by atoms with Crippen LogP contribution in [0.1, 0.15) is 19.4 Å². The molecule has 172 valence electrons. The van der Waals surface area contributed by atoms with Crippen LogP contribution in [-0.2, 0) is 19.7 Å². The summed E-state index contributed by atoms with van der Waals surface area (Å²) in [5, 5.41) is 14.2. The van der Waals surface area contributed by atoms with Crippen molar-refractivity contribution in [3.63, 3.8) is 0 Å². The summed E-state index contributed by atoms with van der Waals surface area (Å²) in [5.74, 6) is -2.04. The smallest absolute Gasteiger partial charge is 0.357 e. The van der Waals surface area contributed by atoms with Gasteiger partial charge in [-0.3, -0.25) is 9.35 Å². The monoisotopic (exact) mass is 469 g/mol. The fourth-order valence-electron chi connectivity index (χ4n) is 3.30. The minimum atomic E-state index is -4.40. The van der Waals surface area contributed by atoms with Gasteiger partial charge in [0.25, 0.3) is 16.0 Å². The van der Waals surface area contributed by atoms with E-state index in [4.69, 9.17) is 4.55 Å². The van der Waals surface area contributed by atoms with Gasteiger partial charge < -0.3 is 10.0 Å². The van der Waals surface area contributed by atoms with Crippen LogP contribution in [0.2, 0.25) is 0 Å². The quantitative estimate of drug-likeness (QED) is 0.449. The van der Waals surface area contributed by atoms with Crippen LogP contribution >= 0.6 is 0 Å². The van der Waals surface area contributed by atoms with Gasteiger partial charge in [0.1, 0.15) is 0 Å². The average molecular weight is 470 g/mol. The first-order valence-corrected chi connectivity index (χ1v) is 11.6. The zero-order valence-corrected chi connectivity index (χ0v) is 18.9. The highest BCUT2D eigenvalue weighted by atomic mass is 32.2. The third-order valence-corrected chi connectivity index (χ3v) is 5.90. The van der Waals surface area contributed by atoms with E-state index in [1.54, 1.807) is 12.2 Å². The van der Waals surface area contributed by atoms with Gasteiger partial charge in [-0.25, -0.2) is 4.79 Å². The summed E-state index contributed by atoms with van der Waals surface area (Å²) in [6, 6.07) is 12.5. The molecule has 0 unspecified atom stereocenters. The van der Waals surface area contributed by atoms with E-state index >= 15 is 0 Å². The largest absolute Gasteiger partial charge is 0.476 e. The van der Waals surface area contributed by atoms with Crippen molar-refractivity contribution in [2.75, 3.05) is 23.0 Å². The summed E-state index contributed by atoms with van der Waals surface area (Å²) in [4.78, 5) is 26.3. The van der Waals surface area contributed by atoms with E-state index in [0.717, 1.165) is 41.5 Å². The van der Waals surface area contributed by atoms with Crippen molar-refractivity contribution in [1.29, 1.82) is 0 Å². The molecule has 1 aliphatic heterocycles. The number of carboxylic acid groups (broad SMARTS) is 1. The molecule has 0 bridgehead atoms. The Kier molecular flexibility index (Phi) is 7.10. The van der Waals surface area contributed by atoms with Crippen LogP contribution < -0.4 is 9.91 Å². The second-order valence-corrected chi connectivity index (χ2v) is 8.46. The van der Waals surface area contributed by atoms with Gasteiger partial charge in [-0.1, -0.05) is 24.3 Å². The molecule has 0 aromatic heterocycles. The molecule has 2 N–H and O–H groups in total. The van der Waals surface area contributed by atoms with Crippen LogP contribution in [0.3, 0.4) is 0 Å². The Balaban J connectivity index is 1.83. The van der Waals surface area contributed by atoms with E-state index < -0.39 is 27.7 Å². The molecule has 0 radical (unpaired) electrons. The van der Waals surface area contributed by atoms with Crippen molar-refractivity contribution in [2.24, 2.45) is 5.10 Å². The molecule has 0 atom stereocenters. The summed E-state index contributed by atoms with van der Waals surface area (Å²) in [7, 11) is -4.40.